The molecule has 7 heteroatoms. The Morgan fingerprint density at radius 1 is 1.44 bits per heavy atom. The van der Waals surface area contributed by atoms with Crippen LogP contribution in [0.15, 0.2) is 33.8 Å². The number of rotatable bonds is 3. The van der Waals surface area contributed by atoms with Gasteiger partial charge in [-0.2, -0.15) is 10.4 Å². The summed E-state index contributed by atoms with van der Waals surface area (Å²) in [5.74, 6) is 4.13. The number of hydrogen-bond donors (Lipinski definition) is 3. The van der Waals surface area contributed by atoms with E-state index in [-0.39, 0.29) is 5.71 Å². The number of nitrogens with zero attached hydrogens (tertiary/aromatic N) is 2. The number of hydrogen-bond acceptors (Lipinski definition) is 5. The van der Waals surface area contributed by atoms with Crippen molar-refractivity contribution in [2.45, 2.75) is 0 Å². The van der Waals surface area contributed by atoms with Crippen LogP contribution in [0.2, 0.25) is 0 Å². The first-order valence-corrected chi connectivity index (χ1v) is 4.97. The van der Waals surface area contributed by atoms with Crippen molar-refractivity contribution in [3.8, 4) is 6.07 Å². The molecule has 0 spiro atoms. The number of anilines is 1. The maximum absolute atomic E-state index is 11.0. The van der Waals surface area contributed by atoms with Gasteiger partial charge in [0.25, 0.3) is 5.91 Å². The molecule has 0 saturated carbocycles. The van der Waals surface area contributed by atoms with Crippen LogP contribution in [0.25, 0.3) is 0 Å². The molecule has 0 aliphatic rings. The molecule has 0 saturated heterocycles. The maximum Gasteiger partial charge on any atom is 0.296 e. The van der Waals surface area contributed by atoms with Gasteiger partial charge in [0.1, 0.15) is 6.07 Å². The lowest BCUT2D eigenvalue weighted by molar-refractivity contribution is -0.114. The number of carbonyl (C=O) groups is 1. The summed E-state index contributed by atoms with van der Waals surface area (Å²) in [6.07, 6.45) is 0. The molecule has 0 aromatic heterocycles. The average Bonchev–Trinajstić information content (AvgIpc) is 2.31. The van der Waals surface area contributed by atoms with Crippen molar-refractivity contribution in [1.82, 2.24) is 5.43 Å². The summed E-state index contributed by atoms with van der Waals surface area (Å²) in [4.78, 5) is 11.0. The van der Waals surface area contributed by atoms with Crippen LogP contribution in [-0.4, -0.2) is 11.6 Å². The van der Waals surface area contributed by atoms with E-state index in [4.69, 9.17) is 11.1 Å². The fourth-order valence-electron chi connectivity index (χ4n) is 0.840. The first-order chi connectivity index (χ1) is 7.67. The van der Waals surface area contributed by atoms with Crippen molar-refractivity contribution in [3.63, 3.8) is 0 Å². The van der Waals surface area contributed by atoms with Gasteiger partial charge in [0, 0.05) is 4.47 Å². The first kappa shape index (κ1) is 12.2. The largest absolute Gasteiger partial charge is 0.296 e. The highest BCUT2D eigenvalue weighted by Crippen LogP contribution is 2.13. The van der Waals surface area contributed by atoms with Crippen molar-refractivity contribution >= 4 is 33.2 Å². The van der Waals surface area contributed by atoms with E-state index >= 15 is 0 Å². The molecule has 16 heavy (non-hydrogen) atoms. The van der Waals surface area contributed by atoms with E-state index in [9.17, 15) is 4.79 Å². The second kappa shape index (κ2) is 5.85. The minimum atomic E-state index is -0.743. The van der Waals surface area contributed by atoms with Crippen LogP contribution in [0.3, 0.4) is 0 Å². The van der Waals surface area contributed by atoms with Gasteiger partial charge in [-0.3, -0.25) is 15.6 Å². The molecule has 6 nitrogen and oxygen atoms in total. The predicted molar refractivity (Wildman–Crippen MR) is 63.1 cm³/mol. The Kier molecular flexibility index (Phi) is 4.44. The van der Waals surface area contributed by atoms with Crippen molar-refractivity contribution in [2.75, 3.05) is 5.43 Å². The molecule has 1 aromatic rings. The molecule has 0 fully saturated rings. The number of amides is 1. The highest BCUT2D eigenvalue weighted by atomic mass is 79.9. The lowest BCUT2D eigenvalue weighted by atomic mass is 10.3. The van der Waals surface area contributed by atoms with Gasteiger partial charge in [-0.05, 0) is 24.3 Å². The van der Waals surface area contributed by atoms with Gasteiger partial charge in [0.15, 0.2) is 0 Å². The van der Waals surface area contributed by atoms with Gasteiger partial charge in [-0.15, -0.1) is 0 Å². The third-order valence-electron chi connectivity index (χ3n) is 1.59. The molecule has 1 rings (SSSR count). The Balaban J connectivity index is 2.75. The van der Waals surface area contributed by atoms with Crippen molar-refractivity contribution in [1.29, 1.82) is 5.26 Å². The molecule has 0 atom stereocenters. The number of nitriles is 1. The summed E-state index contributed by atoms with van der Waals surface area (Å²) in [5, 5.41) is 12.2. The Morgan fingerprint density at radius 3 is 2.56 bits per heavy atom. The lowest BCUT2D eigenvalue weighted by Crippen LogP contribution is -2.36. The van der Waals surface area contributed by atoms with E-state index in [0.717, 1.165) is 4.47 Å². The van der Waals surface area contributed by atoms with Gasteiger partial charge in [-0.1, -0.05) is 15.9 Å². The standard InChI is InChI=1S/C9H8BrN5O/c10-6-1-3-7(4-2-6)14-15-8(5-11)9(16)13-12/h1-4,14H,12H2,(H,13,16)/b15-8-. The number of halogens is 1. The summed E-state index contributed by atoms with van der Waals surface area (Å²) < 4.78 is 0.919. The van der Waals surface area contributed by atoms with Crippen LogP contribution in [0, 0.1) is 11.3 Å². The number of nitrogens with one attached hydrogen (secondary N) is 2. The molecular weight excluding hydrogens is 274 g/mol. The third kappa shape index (κ3) is 3.34. The summed E-state index contributed by atoms with van der Waals surface area (Å²) in [6, 6.07) is 8.70. The highest BCUT2D eigenvalue weighted by Gasteiger charge is 2.07. The summed E-state index contributed by atoms with van der Waals surface area (Å²) >= 11 is 3.28. The lowest BCUT2D eigenvalue weighted by Gasteiger charge is -2.00. The van der Waals surface area contributed by atoms with Crippen LogP contribution in [0.1, 0.15) is 0 Å². The molecule has 0 aliphatic heterocycles. The Morgan fingerprint density at radius 2 is 2.06 bits per heavy atom. The Labute approximate surface area is 100 Å². The van der Waals surface area contributed by atoms with Crippen LogP contribution < -0.4 is 16.7 Å². The molecule has 0 bridgehead atoms. The third-order valence-corrected chi connectivity index (χ3v) is 2.12. The summed E-state index contributed by atoms with van der Waals surface area (Å²) in [7, 11) is 0. The summed E-state index contributed by atoms with van der Waals surface area (Å²) in [6.45, 7) is 0. The van der Waals surface area contributed by atoms with Crippen LogP contribution in [0.4, 0.5) is 5.69 Å². The molecule has 4 N–H and O–H groups in total. The topological polar surface area (TPSA) is 103 Å². The van der Waals surface area contributed by atoms with Crippen molar-refractivity contribution in [2.24, 2.45) is 10.9 Å². The van der Waals surface area contributed by atoms with E-state index in [1.54, 1.807) is 30.3 Å². The molecule has 0 unspecified atom stereocenters. The van der Waals surface area contributed by atoms with Gasteiger partial charge in [-0.25, -0.2) is 5.84 Å². The van der Waals surface area contributed by atoms with Gasteiger partial charge in [0.05, 0.1) is 5.69 Å². The fraction of sp³-hybridized carbons (Fsp3) is 0. The van der Waals surface area contributed by atoms with Crippen LogP contribution in [-0.2, 0) is 4.79 Å². The van der Waals surface area contributed by atoms with E-state index < -0.39 is 5.91 Å². The monoisotopic (exact) mass is 281 g/mol. The molecule has 1 aromatic carbocycles. The van der Waals surface area contributed by atoms with Gasteiger partial charge in [0.2, 0.25) is 5.71 Å². The first-order valence-electron chi connectivity index (χ1n) is 4.17. The number of nitrogens with two attached hydrogens (primary N) is 1. The minimum Gasteiger partial charge on any atom is -0.288 e. The molecule has 0 radical (unpaired) electrons. The zero-order chi connectivity index (χ0) is 12.0. The smallest absolute Gasteiger partial charge is 0.288 e. The normalized spacial score (nSPS) is 10.4. The number of hydrazone groups is 1. The zero-order valence-electron chi connectivity index (χ0n) is 8.07. The van der Waals surface area contributed by atoms with E-state index in [1.807, 2.05) is 5.43 Å². The van der Waals surface area contributed by atoms with Crippen molar-refractivity contribution in [3.05, 3.63) is 28.7 Å². The predicted octanol–water partition coefficient (Wildman–Crippen LogP) is 0.730. The number of carbonyl (C=O) groups excluding carboxylic acids is 1. The van der Waals surface area contributed by atoms with E-state index in [1.165, 1.54) is 0 Å². The number of hydrazine groups is 1. The molecular formula is C9H8BrN5O. The van der Waals surface area contributed by atoms with E-state index in [0.29, 0.717) is 5.69 Å². The molecule has 0 aliphatic carbocycles. The second-order valence-electron chi connectivity index (χ2n) is 2.66. The zero-order valence-corrected chi connectivity index (χ0v) is 9.65. The van der Waals surface area contributed by atoms with Gasteiger partial charge < -0.3 is 0 Å². The molecule has 82 valence electrons. The Bertz CT molecular complexity index is 448. The Hall–Kier alpha value is -1.91. The van der Waals surface area contributed by atoms with Gasteiger partial charge >= 0.3 is 0 Å². The number of benzene rings is 1. The SMILES string of the molecule is N#C/C(=N/Nc1ccc(Br)cc1)C(=O)NN. The quantitative estimate of drug-likeness (QED) is 0.329. The second-order valence-corrected chi connectivity index (χ2v) is 3.58. The fourth-order valence-corrected chi connectivity index (χ4v) is 1.10. The molecule has 0 heterocycles. The minimum absolute atomic E-state index is 0.342. The average molecular weight is 282 g/mol. The highest BCUT2D eigenvalue weighted by molar-refractivity contribution is 9.10. The van der Waals surface area contributed by atoms with Crippen LogP contribution in [0.5, 0.6) is 0 Å². The van der Waals surface area contributed by atoms with Crippen molar-refractivity contribution < 1.29 is 4.79 Å². The van der Waals surface area contributed by atoms with Crippen LogP contribution >= 0.6 is 15.9 Å². The maximum atomic E-state index is 11.0. The van der Waals surface area contributed by atoms with E-state index in [2.05, 4.69) is 26.5 Å². The molecule has 1 amide bonds. The summed E-state index contributed by atoms with van der Waals surface area (Å²) in [5.41, 5.74) is 4.70.